The van der Waals surface area contributed by atoms with E-state index in [1.54, 1.807) is 0 Å². The molecule has 3 rings (SSSR count). The fourth-order valence-electron chi connectivity index (χ4n) is 14.7. The molecule has 0 radical (unpaired) electrons. The summed E-state index contributed by atoms with van der Waals surface area (Å²) in [5.41, 5.74) is 0. The van der Waals surface area contributed by atoms with Gasteiger partial charge in [0, 0.05) is 25.7 Å². The second kappa shape index (κ2) is 65.2. The Balaban J connectivity index is 1.94. The van der Waals surface area contributed by atoms with Crippen molar-refractivity contribution < 1.29 is 122 Å². The fourth-order valence-corrected chi connectivity index (χ4v) is 15.6. The van der Waals surface area contributed by atoms with Gasteiger partial charge >= 0.3 is 31.7 Å². The van der Waals surface area contributed by atoms with E-state index in [4.69, 9.17) is 46.9 Å². The highest BCUT2D eigenvalue weighted by atomic mass is 31.2. The van der Waals surface area contributed by atoms with Crippen LogP contribution in [0, 0.1) is 0 Å². The van der Waals surface area contributed by atoms with E-state index in [0.717, 1.165) is 122 Å². The first-order chi connectivity index (χ1) is 53.7. The van der Waals surface area contributed by atoms with E-state index in [0.29, 0.717) is 32.1 Å². The Hall–Kier alpha value is -2.79. The molecule has 1 saturated carbocycles. The predicted octanol–water partition coefficient (Wildman–Crippen LogP) is 15.2. The lowest BCUT2D eigenvalue weighted by atomic mass is 9.84. The largest absolute Gasteiger partial charge is 0.472 e. The number of phosphoric acid groups is 1. The Kier molecular flexibility index (Phi) is 60.1. The van der Waals surface area contributed by atoms with Crippen molar-refractivity contribution in [2.75, 3.05) is 26.4 Å². The zero-order valence-electron chi connectivity index (χ0n) is 69.0. The first-order valence-corrected chi connectivity index (χ1v) is 45.9. The normalized spacial score (nSPS) is 25.7. The van der Waals surface area contributed by atoms with Crippen molar-refractivity contribution in [3.8, 4) is 0 Å². The summed E-state index contributed by atoms with van der Waals surface area (Å²) in [5, 5.41) is 102. The Labute approximate surface area is 667 Å². The van der Waals surface area contributed by atoms with E-state index in [1.165, 1.54) is 161 Å². The number of aliphatic hydroxyl groups excluding tert-OH is 9. The molecular weight excluding hydrogens is 1450 g/mol. The lowest BCUT2D eigenvalue weighted by molar-refractivity contribution is -0.360. The van der Waals surface area contributed by atoms with Gasteiger partial charge in [0.15, 0.2) is 24.8 Å². The van der Waals surface area contributed by atoms with Crippen molar-refractivity contribution in [3.63, 3.8) is 0 Å². The number of ether oxygens (including phenoxy) is 8. The third kappa shape index (κ3) is 46.2. The number of hydrogen-bond acceptors (Lipinski definition) is 24. The molecule has 0 aromatic rings. The second-order valence-electron chi connectivity index (χ2n) is 31.8. The van der Waals surface area contributed by atoms with Crippen LogP contribution in [0.4, 0.5) is 0 Å². The lowest BCUT2D eigenvalue weighted by Gasteiger charge is -2.50. The zero-order chi connectivity index (χ0) is 81.1. The third-order valence-electron chi connectivity index (χ3n) is 21.8. The molecule has 25 nitrogen and oxygen atoms in total. The van der Waals surface area contributed by atoms with Crippen LogP contribution in [0.5, 0.6) is 0 Å². The average Bonchev–Trinajstić information content (AvgIpc) is 0.755. The van der Waals surface area contributed by atoms with Crippen LogP contribution in [0.3, 0.4) is 0 Å². The molecule has 2 saturated heterocycles. The highest BCUT2D eigenvalue weighted by molar-refractivity contribution is 7.47. The molecule has 111 heavy (non-hydrogen) atoms. The summed E-state index contributed by atoms with van der Waals surface area (Å²) < 4.78 is 73.2. The summed E-state index contributed by atoms with van der Waals surface area (Å²) in [6, 6.07) is 0. The summed E-state index contributed by atoms with van der Waals surface area (Å²) in [5.74, 6) is -2.97. The molecule has 0 amide bonds. The van der Waals surface area contributed by atoms with Crippen LogP contribution in [-0.2, 0) is 70.7 Å². The highest BCUT2D eigenvalue weighted by Crippen LogP contribution is 2.49. The van der Waals surface area contributed by atoms with Gasteiger partial charge in [0.05, 0.1) is 13.2 Å². The first kappa shape index (κ1) is 102. The number of allylic oxidation sites excluding steroid dienone is 2. The van der Waals surface area contributed by atoms with Crippen molar-refractivity contribution in [2.45, 2.75) is 479 Å². The van der Waals surface area contributed by atoms with E-state index >= 15 is 0 Å². The van der Waals surface area contributed by atoms with Gasteiger partial charge < -0.3 is 88.7 Å². The van der Waals surface area contributed by atoms with Crippen molar-refractivity contribution in [1.82, 2.24) is 0 Å². The standard InChI is InChI=1S/C85H157O25P/c1-5-9-13-17-21-25-29-33-37-41-45-49-53-57-68(87)101-62-65(104-70(89)59-55-51-47-43-39-35-31-27-23-19-15-11-7-3)63-103-111(99,100)110-83-81(108-84-78(97)74(93)72(91)66(61-86)105-84)77(96)76(95)80(107-71(90)60-56-52-48-44-40-36-32-28-24-20-16-12-8-4)82(83)109-85-79(98)75(94)73(92)67(106-85)64-102-69(88)58-54-50-46-42-38-34-30-26-22-18-14-10-6-2/h36,40,65-67,72-86,91-98H,5-35,37-39,41-64H2,1-4H3,(H,99,100)/b40-36-. The van der Waals surface area contributed by atoms with Crippen molar-refractivity contribution >= 4 is 31.7 Å². The van der Waals surface area contributed by atoms with Gasteiger partial charge in [-0.05, 0) is 51.4 Å². The maximum absolute atomic E-state index is 14.8. The van der Waals surface area contributed by atoms with Crippen molar-refractivity contribution in [2.24, 2.45) is 0 Å². The van der Waals surface area contributed by atoms with E-state index in [1.807, 2.05) is 0 Å². The molecule has 18 atom stereocenters. The van der Waals surface area contributed by atoms with E-state index in [2.05, 4.69) is 39.8 Å². The summed E-state index contributed by atoms with van der Waals surface area (Å²) >= 11 is 0. The number of phosphoric ester groups is 1. The van der Waals surface area contributed by atoms with E-state index < -0.39 is 162 Å². The molecule has 2 heterocycles. The number of hydrogen-bond donors (Lipinski definition) is 10. The van der Waals surface area contributed by atoms with Crippen molar-refractivity contribution in [3.05, 3.63) is 12.2 Å². The maximum atomic E-state index is 14.8. The first-order valence-electron chi connectivity index (χ1n) is 44.4. The summed E-state index contributed by atoms with van der Waals surface area (Å²) in [7, 11) is -5.80. The van der Waals surface area contributed by atoms with Crippen LogP contribution in [-0.4, -0.2) is 205 Å². The van der Waals surface area contributed by atoms with Crippen LogP contribution in [0.2, 0.25) is 0 Å². The molecule has 3 aliphatic rings. The second-order valence-corrected chi connectivity index (χ2v) is 33.2. The average molecular weight is 1610 g/mol. The lowest BCUT2D eigenvalue weighted by Crippen LogP contribution is -2.70. The molecule has 0 bridgehead atoms. The Morgan fingerprint density at radius 1 is 0.351 bits per heavy atom. The minimum absolute atomic E-state index is 0.0168. The van der Waals surface area contributed by atoms with Gasteiger partial charge in [-0.15, -0.1) is 0 Å². The van der Waals surface area contributed by atoms with Gasteiger partial charge in [0.2, 0.25) is 0 Å². The molecule has 26 heteroatoms. The molecule has 652 valence electrons. The van der Waals surface area contributed by atoms with Gasteiger partial charge in [-0.25, -0.2) is 4.57 Å². The van der Waals surface area contributed by atoms with Crippen LogP contribution < -0.4 is 0 Å². The number of rotatable bonds is 71. The van der Waals surface area contributed by atoms with Crippen LogP contribution in [0.1, 0.15) is 374 Å². The smallest absolute Gasteiger partial charge is 0.463 e. The van der Waals surface area contributed by atoms with Gasteiger partial charge in [0.25, 0.3) is 0 Å². The predicted molar refractivity (Wildman–Crippen MR) is 426 cm³/mol. The monoisotopic (exact) mass is 1610 g/mol. The third-order valence-corrected chi connectivity index (χ3v) is 22.8. The SMILES string of the molecule is CCCCCCCC/C=C\CCCCCC(=O)OC1C(O)C(O)C(OC2OC(CO)C(O)C(O)C2O)C(OP(=O)(O)OCC(COC(=O)CCCCCCCCCCCCCCC)OC(=O)CCCCCCCCCCCCCCC)C1OC1OC(COC(=O)CCCCCCCCCCCCCCC)C(O)C(O)C1O. The van der Waals surface area contributed by atoms with E-state index in [-0.39, 0.29) is 32.1 Å². The Morgan fingerprint density at radius 3 is 1.08 bits per heavy atom. The minimum atomic E-state index is -5.80. The topological polar surface area (TPSA) is 380 Å². The summed E-state index contributed by atoms with van der Waals surface area (Å²) in [6.45, 7) is 5.55. The highest BCUT2D eigenvalue weighted by Gasteiger charge is 2.60. The van der Waals surface area contributed by atoms with Crippen LogP contribution in [0.15, 0.2) is 12.2 Å². The molecule has 10 N–H and O–H groups in total. The maximum Gasteiger partial charge on any atom is 0.472 e. The summed E-state index contributed by atoms with van der Waals surface area (Å²) in [4.78, 5) is 66.2. The van der Waals surface area contributed by atoms with Crippen LogP contribution in [0.25, 0.3) is 0 Å². The molecule has 2 aliphatic heterocycles. The number of aliphatic hydroxyl groups is 9. The van der Waals surface area contributed by atoms with E-state index in [9.17, 15) is 74.6 Å². The zero-order valence-corrected chi connectivity index (χ0v) is 69.9. The molecule has 3 fully saturated rings. The number of unbranched alkanes of at least 4 members (excludes halogenated alkanes) is 45. The minimum Gasteiger partial charge on any atom is -0.463 e. The molecule has 0 aromatic carbocycles. The van der Waals surface area contributed by atoms with Crippen molar-refractivity contribution in [1.29, 1.82) is 0 Å². The molecular formula is C85H157O25P. The van der Waals surface area contributed by atoms with Crippen LogP contribution >= 0.6 is 7.82 Å². The molecule has 0 aromatic heterocycles. The fraction of sp³-hybridized carbons (Fsp3) is 0.929. The Morgan fingerprint density at radius 2 is 0.676 bits per heavy atom. The van der Waals surface area contributed by atoms with Gasteiger partial charge in [-0.2, -0.15) is 0 Å². The molecule has 1 aliphatic carbocycles. The Bertz CT molecular complexity index is 2370. The quantitative estimate of drug-likeness (QED) is 0.00889. The molecule has 18 unspecified atom stereocenters. The van der Waals surface area contributed by atoms with Gasteiger partial charge in [0.1, 0.15) is 92.6 Å². The number of esters is 4. The number of carbonyl (C=O) groups is 4. The van der Waals surface area contributed by atoms with Gasteiger partial charge in [-0.1, -0.05) is 310 Å². The summed E-state index contributed by atoms with van der Waals surface area (Å²) in [6.07, 6.45) is 21.0. The number of carbonyl (C=O) groups excluding carboxylic acids is 4. The molecule has 0 spiro atoms. The van der Waals surface area contributed by atoms with Gasteiger partial charge in [-0.3, -0.25) is 28.2 Å².